The maximum absolute atomic E-state index is 13.2. The second-order valence-corrected chi connectivity index (χ2v) is 9.27. The molecule has 36 heavy (non-hydrogen) atoms. The summed E-state index contributed by atoms with van der Waals surface area (Å²) in [6.07, 6.45) is 3.25. The van der Waals surface area contributed by atoms with Crippen molar-refractivity contribution in [3.05, 3.63) is 101 Å². The summed E-state index contributed by atoms with van der Waals surface area (Å²) in [5.74, 6) is 0.249. The standard InChI is InChI=1S/C29H23N3O3S/c1-17-22(25(33)15-12-18-10-13-20(35-2)14-11-18)16-23-26(30)27(36-29(23)31-17)28(34)32-24-9-5-7-19-6-3-4-8-21(19)24/h3-16H,30H2,1-2H3,(H,32,34)/b15-12+. The number of ketones is 1. The van der Waals surface area contributed by atoms with Crippen LogP contribution < -0.4 is 15.8 Å². The van der Waals surface area contributed by atoms with Gasteiger partial charge in [-0.05, 0) is 48.2 Å². The third-order valence-electron chi connectivity index (χ3n) is 5.96. The molecular weight excluding hydrogens is 470 g/mol. The summed E-state index contributed by atoms with van der Waals surface area (Å²) in [6.45, 7) is 1.78. The molecule has 178 valence electrons. The molecule has 7 heteroatoms. The van der Waals surface area contributed by atoms with Crippen molar-refractivity contribution in [2.45, 2.75) is 6.92 Å². The number of allylic oxidation sites excluding steroid dienone is 1. The van der Waals surface area contributed by atoms with Crippen molar-refractivity contribution in [3.63, 3.8) is 0 Å². The number of nitrogens with two attached hydrogens (primary N) is 1. The number of pyridine rings is 1. The van der Waals surface area contributed by atoms with Crippen LogP contribution in [0.3, 0.4) is 0 Å². The molecular formula is C29H23N3O3S. The van der Waals surface area contributed by atoms with Gasteiger partial charge in [-0.15, -0.1) is 11.3 Å². The zero-order valence-electron chi connectivity index (χ0n) is 19.7. The first-order valence-electron chi connectivity index (χ1n) is 11.3. The highest BCUT2D eigenvalue weighted by molar-refractivity contribution is 7.21. The number of methoxy groups -OCH3 is 1. The molecule has 0 saturated carbocycles. The Morgan fingerprint density at radius 1 is 1.00 bits per heavy atom. The molecule has 5 rings (SSSR count). The number of carbonyl (C=O) groups is 2. The highest BCUT2D eigenvalue weighted by atomic mass is 32.1. The van der Waals surface area contributed by atoms with E-state index in [0.717, 1.165) is 22.1 Å². The zero-order chi connectivity index (χ0) is 25.2. The molecule has 2 aromatic heterocycles. The summed E-state index contributed by atoms with van der Waals surface area (Å²) >= 11 is 1.22. The number of fused-ring (bicyclic) bond motifs is 2. The topological polar surface area (TPSA) is 94.3 Å². The number of rotatable bonds is 6. The number of nitrogens with one attached hydrogen (secondary N) is 1. The van der Waals surface area contributed by atoms with Crippen molar-refractivity contribution >= 4 is 61.5 Å². The lowest BCUT2D eigenvalue weighted by molar-refractivity contribution is 0.102. The minimum atomic E-state index is -0.309. The Labute approximate surface area is 212 Å². The molecule has 1 amide bonds. The van der Waals surface area contributed by atoms with E-state index in [-0.39, 0.29) is 11.7 Å². The van der Waals surface area contributed by atoms with Gasteiger partial charge in [-0.25, -0.2) is 4.98 Å². The van der Waals surface area contributed by atoms with Crippen molar-refractivity contribution in [3.8, 4) is 5.75 Å². The number of hydrogen-bond acceptors (Lipinski definition) is 6. The highest BCUT2D eigenvalue weighted by Crippen LogP contribution is 2.35. The van der Waals surface area contributed by atoms with E-state index in [2.05, 4.69) is 10.3 Å². The predicted molar refractivity (Wildman–Crippen MR) is 147 cm³/mol. The molecule has 0 radical (unpaired) electrons. The van der Waals surface area contributed by atoms with Crippen LogP contribution in [-0.2, 0) is 0 Å². The van der Waals surface area contributed by atoms with Gasteiger partial charge in [0.25, 0.3) is 5.91 Å². The molecule has 3 N–H and O–H groups in total. The molecule has 0 atom stereocenters. The van der Waals surface area contributed by atoms with Gasteiger partial charge < -0.3 is 15.8 Å². The summed E-state index contributed by atoms with van der Waals surface area (Å²) in [5, 5.41) is 5.54. The van der Waals surface area contributed by atoms with Crippen LogP contribution in [0.2, 0.25) is 0 Å². The number of aromatic nitrogens is 1. The smallest absolute Gasteiger partial charge is 0.267 e. The molecule has 0 spiro atoms. The fraction of sp³-hybridized carbons (Fsp3) is 0.0690. The van der Waals surface area contributed by atoms with E-state index in [0.29, 0.717) is 37.7 Å². The molecule has 0 aliphatic heterocycles. The number of anilines is 2. The second-order valence-electron chi connectivity index (χ2n) is 8.27. The number of amides is 1. The molecule has 6 nitrogen and oxygen atoms in total. The van der Waals surface area contributed by atoms with E-state index in [1.54, 1.807) is 26.2 Å². The van der Waals surface area contributed by atoms with Gasteiger partial charge in [0.1, 0.15) is 15.5 Å². The quantitative estimate of drug-likeness (QED) is 0.208. The zero-order valence-corrected chi connectivity index (χ0v) is 20.6. The fourth-order valence-electron chi connectivity index (χ4n) is 4.04. The van der Waals surface area contributed by atoms with E-state index in [4.69, 9.17) is 10.5 Å². The Balaban J connectivity index is 1.43. The lowest BCUT2D eigenvalue weighted by Crippen LogP contribution is -2.12. The number of aryl methyl sites for hydroxylation is 1. The van der Waals surface area contributed by atoms with Crippen molar-refractivity contribution in [2.24, 2.45) is 0 Å². The summed E-state index contributed by atoms with van der Waals surface area (Å²) < 4.78 is 5.16. The van der Waals surface area contributed by atoms with E-state index in [9.17, 15) is 9.59 Å². The summed E-state index contributed by atoms with van der Waals surface area (Å²) in [5.41, 5.74) is 9.30. The van der Waals surface area contributed by atoms with Crippen molar-refractivity contribution in [1.82, 2.24) is 4.98 Å². The molecule has 5 aromatic rings. The van der Waals surface area contributed by atoms with Gasteiger partial charge in [0.15, 0.2) is 5.78 Å². The van der Waals surface area contributed by atoms with Gasteiger partial charge >= 0.3 is 0 Å². The third-order valence-corrected chi connectivity index (χ3v) is 7.08. The fourth-order valence-corrected chi connectivity index (χ4v) is 5.05. The summed E-state index contributed by atoms with van der Waals surface area (Å²) in [6, 6.07) is 22.7. The monoisotopic (exact) mass is 493 g/mol. The maximum atomic E-state index is 13.2. The Kier molecular flexibility index (Phi) is 6.23. The first kappa shape index (κ1) is 23.3. The van der Waals surface area contributed by atoms with Crippen LogP contribution in [0.25, 0.3) is 27.1 Å². The van der Waals surface area contributed by atoms with Crippen LogP contribution in [0.4, 0.5) is 11.4 Å². The van der Waals surface area contributed by atoms with Crippen molar-refractivity contribution in [2.75, 3.05) is 18.2 Å². The first-order valence-corrected chi connectivity index (χ1v) is 12.1. The van der Waals surface area contributed by atoms with Crippen LogP contribution in [0.1, 0.15) is 31.3 Å². The Morgan fingerprint density at radius 3 is 2.53 bits per heavy atom. The molecule has 0 aliphatic carbocycles. The van der Waals surface area contributed by atoms with E-state index in [1.807, 2.05) is 66.7 Å². The third kappa shape index (κ3) is 4.44. The van der Waals surface area contributed by atoms with E-state index >= 15 is 0 Å². The number of thiophene rings is 1. The highest BCUT2D eigenvalue weighted by Gasteiger charge is 2.20. The van der Waals surface area contributed by atoms with Gasteiger partial charge in [0, 0.05) is 22.0 Å². The molecule has 0 unspecified atom stereocenters. The number of hydrogen-bond donors (Lipinski definition) is 2. The van der Waals surface area contributed by atoms with Gasteiger partial charge in [-0.3, -0.25) is 9.59 Å². The Hall–Kier alpha value is -4.49. The molecule has 0 fully saturated rings. The second kappa shape index (κ2) is 9.64. The number of nitrogens with zero attached hydrogens (tertiary/aromatic N) is 1. The summed E-state index contributed by atoms with van der Waals surface area (Å²) in [4.78, 5) is 31.7. The number of carbonyl (C=O) groups excluding carboxylic acids is 2. The van der Waals surface area contributed by atoms with Crippen molar-refractivity contribution in [1.29, 1.82) is 0 Å². The maximum Gasteiger partial charge on any atom is 0.267 e. The van der Waals surface area contributed by atoms with Gasteiger partial charge in [0.2, 0.25) is 0 Å². The molecule has 0 bridgehead atoms. The van der Waals surface area contributed by atoms with Crippen LogP contribution in [0.5, 0.6) is 5.75 Å². The number of nitrogen functional groups attached to an aromatic ring is 1. The van der Waals surface area contributed by atoms with E-state index in [1.165, 1.54) is 17.4 Å². The minimum Gasteiger partial charge on any atom is -0.497 e. The molecule has 0 aliphatic rings. The molecule has 3 aromatic carbocycles. The lowest BCUT2D eigenvalue weighted by atomic mass is 10.1. The van der Waals surface area contributed by atoms with Crippen LogP contribution in [0, 0.1) is 6.92 Å². The average molecular weight is 494 g/mol. The van der Waals surface area contributed by atoms with Gasteiger partial charge in [0.05, 0.1) is 18.5 Å². The molecule has 0 saturated heterocycles. The summed E-state index contributed by atoms with van der Waals surface area (Å²) in [7, 11) is 1.61. The average Bonchev–Trinajstić information content (AvgIpc) is 3.22. The Morgan fingerprint density at radius 2 is 1.75 bits per heavy atom. The van der Waals surface area contributed by atoms with Crippen molar-refractivity contribution < 1.29 is 14.3 Å². The van der Waals surface area contributed by atoms with Gasteiger partial charge in [-0.1, -0.05) is 54.6 Å². The Bertz CT molecular complexity index is 1650. The predicted octanol–water partition coefficient (Wildman–Crippen LogP) is 6.50. The normalized spacial score (nSPS) is 11.3. The minimum absolute atomic E-state index is 0.190. The van der Waals surface area contributed by atoms with Crippen LogP contribution in [-0.4, -0.2) is 23.8 Å². The first-order chi connectivity index (χ1) is 17.4. The van der Waals surface area contributed by atoms with Crippen LogP contribution in [0.15, 0.2) is 78.9 Å². The number of ether oxygens (including phenoxy) is 1. The van der Waals surface area contributed by atoms with Gasteiger partial charge in [-0.2, -0.15) is 0 Å². The van der Waals surface area contributed by atoms with Crippen LogP contribution >= 0.6 is 11.3 Å². The lowest BCUT2D eigenvalue weighted by Gasteiger charge is -2.08. The largest absolute Gasteiger partial charge is 0.497 e. The van der Waals surface area contributed by atoms with E-state index < -0.39 is 0 Å². The molecule has 2 heterocycles. The SMILES string of the molecule is COc1ccc(/C=C/C(=O)c2cc3c(N)c(C(=O)Nc4cccc5ccccc45)sc3nc2C)cc1. The number of benzene rings is 3.